The van der Waals surface area contributed by atoms with Crippen LogP contribution in [0.4, 0.5) is 4.39 Å². The number of aromatic nitrogens is 2. The number of hydrogen-bond donors (Lipinski definition) is 0. The molecule has 0 aliphatic rings. The summed E-state index contributed by atoms with van der Waals surface area (Å²) >= 11 is 0. The first-order valence-electron chi connectivity index (χ1n) is 10.6. The molecule has 3 nitrogen and oxygen atoms in total. The van der Waals surface area contributed by atoms with Crippen LogP contribution in [0.3, 0.4) is 0 Å². The number of unbranched alkanes of at least 4 members (excludes halogenated alkanes) is 2. The monoisotopic (exact) mass is 412 g/mol. The molecule has 4 aromatic rings. The van der Waals surface area contributed by atoms with E-state index >= 15 is 0 Å². The first-order valence-corrected chi connectivity index (χ1v) is 10.6. The van der Waals surface area contributed by atoms with E-state index in [9.17, 15) is 4.39 Å². The van der Waals surface area contributed by atoms with E-state index in [1.54, 1.807) is 6.07 Å². The van der Waals surface area contributed by atoms with Gasteiger partial charge in [-0.15, -0.1) is 0 Å². The molecule has 3 aromatic carbocycles. The molecule has 4 heteroatoms. The summed E-state index contributed by atoms with van der Waals surface area (Å²) in [5.74, 6) is 7.18. The van der Waals surface area contributed by atoms with Gasteiger partial charge in [0.05, 0.1) is 23.2 Å². The lowest BCUT2D eigenvalue weighted by Gasteiger charge is -2.05. The van der Waals surface area contributed by atoms with Gasteiger partial charge in [-0.05, 0) is 61.0 Å². The summed E-state index contributed by atoms with van der Waals surface area (Å²) in [6.45, 7) is 2.90. The van der Waals surface area contributed by atoms with Crippen LogP contribution >= 0.6 is 0 Å². The van der Waals surface area contributed by atoms with Crippen LogP contribution in [0.15, 0.2) is 66.7 Å². The number of para-hydroxylation sites is 2. The van der Waals surface area contributed by atoms with Gasteiger partial charge in [-0.3, -0.25) is 0 Å². The van der Waals surface area contributed by atoms with Crippen molar-refractivity contribution in [2.75, 3.05) is 6.61 Å². The Labute approximate surface area is 182 Å². The van der Waals surface area contributed by atoms with E-state index in [1.165, 1.54) is 18.9 Å². The maximum absolute atomic E-state index is 14.7. The van der Waals surface area contributed by atoms with Gasteiger partial charge in [-0.25, -0.2) is 9.37 Å². The van der Waals surface area contributed by atoms with Gasteiger partial charge in [0.2, 0.25) is 0 Å². The second-order valence-corrected chi connectivity index (χ2v) is 7.51. The van der Waals surface area contributed by atoms with Crippen molar-refractivity contribution in [1.82, 2.24) is 9.55 Å². The molecule has 0 amide bonds. The third kappa shape index (κ3) is 4.78. The minimum Gasteiger partial charge on any atom is -0.494 e. The Balaban J connectivity index is 1.49. The summed E-state index contributed by atoms with van der Waals surface area (Å²) in [6.07, 6.45) is 3.40. The molecular formula is C27H25FN2O. The summed E-state index contributed by atoms with van der Waals surface area (Å²) in [5, 5.41) is 0. The second-order valence-electron chi connectivity index (χ2n) is 7.51. The Bertz CT molecular complexity index is 1250. The number of benzene rings is 3. The van der Waals surface area contributed by atoms with E-state index in [1.807, 2.05) is 66.2 Å². The zero-order chi connectivity index (χ0) is 21.6. The molecule has 0 atom stereocenters. The fourth-order valence-corrected chi connectivity index (χ4v) is 3.48. The maximum atomic E-state index is 14.7. The van der Waals surface area contributed by atoms with Crippen LogP contribution in [0.25, 0.3) is 22.4 Å². The van der Waals surface area contributed by atoms with Gasteiger partial charge >= 0.3 is 0 Å². The number of nitrogens with zero attached hydrogens (tertiary/aromatic N) is 2. The Morgan fingerprint density at radius 1 is 0.968 bits per heavy atom. The highest BCUT2D eigenvalue weighted by atomic mass is 19.1. The minimum absolute atomic E-state index is 0.354. The van der Waals surface area contributed by atoms with Crippen molar-refractivity contribution in [1.29, 1.82) is 0 Å². The fraction of sp³-hybridized carbons (Fsp3) is 0.222. The second kappa shape index (κ2) is 9.49. The van der Waals surface area contributed by atoms with E-state index in [2.05, 4.69) is 23.7 Å². The Hall–Kier alpha value is -3.58. The predicted octanol–water partition coefficient (Wildman–Crippen LogP) is 6.35. The first-order chi connectivity index (χ1) is 15.2. The van der Waals surface area contributed by atoms with Crippen LogP contribution in [0.5, 0.6) is 5.75 Å². The summed E-state index contributed by atoms with van der Waals surface area (Å²) in [6, 6.07) is 20.5. The van der Waals surface area contributed by atoms with Crippen molar-refractivity contribution < 1.29 is 9.13 Å². The predicted molar refractivity (Wildman–Crippen MR) is 124 cm³/mol. The molecule has 0 aliphatic carbocycles. The topological polar surface area (TPSA) is 27.1 Å². The lowest BCUT2D eigenvalue weighted by molar-refractivity contribution is 0.306. The van der Waals surface area contributed by atoms with Crippen molar-refractivity contribution in [3.63, 3.8) is 0 Å². The molecule has 1 heterocycles. The molecule has 0 saturated heterocycles. The largest absolute Gasteiger partial charge is 0.494 e. The van der Waals surface area contributed by atoms with E-state index in [0.29, 0.717) is 5.56 Å². The molecule has 0 bridgehead atoms. The molecule has 1 aromatic heterocycles. The summed E-state index contributed by atoms with van der Waals surface area (Å²) in [7, 11) is 1.94. The zero-order valence-electron chi connectivity index (χ0n) is 17.9. The van der Waals surface area contributed by atoms with Gasteiger partial charge in [0.15, 0.2) is 0 Å². The van der Waals surface area contributed by atoms with Crippen LogP contribution in [0, 0.1) is 17.7 Å². The van der Waals surface area contributed by atoms with Crippen LogP contribution in [0.2, 0.25) is 0 Å². The molecule has 0 radical (unpaired) electrons. The number of halogens is 1. The molecule has 0 N–H and O–H groups in total. The number of hydrogen-bond acceptors (Lipinski definition) is 2. The van der Waals surface area contributed by atoms with Gasteiger partial charge in [0.1, 0.15) is 17.4 Å². The van der Waals surface area contributed by atoms with E-state index in [0.717, 1.165) is 46.8 Å². The molecule has 156 valence electrons. The van der Waals surface area contributed by atoms with Crippen molar-refractivity contribution in [3.8, 4) is 29.0 Å². The SMILES string of the molecule is CCCCCOc1ccc(C#Cc2ccc(-c3nc4ccccc4n3C)cc2F)cc1. The van der Waals surface area contributed by atoms with Gasteiger partial charge in [-0.2, -0.15) is 0 Å². The Kier molecular flexibility index (Phi) is 6.33. The van der Waals surface area contributed by atoms with E-state index < -0.39 is 0 Å². The smallest absolute Gasteiger partial charge is 0.140 e. The normalized spacial score (nSPS) is 10.7. The summed E-state index contributed by atoms with van der Waals surface area (Å²) in [5.41, 5.74) is 3.81. The minimum atomic E-state index is -0.354. The molecule has 0 fully saturated rings. The van der Waals surface area contributed by atoms with Crippen LogP contribution in [0.1, 0.15) is 37.3 Å². The van der Waals surface area contributed by atoms with E-state index in [4.69, 9.17) is 4.74 Å². The zero-order valence-corrected chi connectivity index (χ0v) is 17.9. The fourth-order valence-electron chi connectivity index (χ4n) is 3.48. The average molecular weight is 413 g/mol. The lowest BCUT2D eigenvalue weighted by atomic mass is 10.1. The quantitative estimate of drug-likeness (QED) is 0.273. The molecule has 0 aliphatic heterocycles. The molecule has 0 spiro atoms. The van der Waals surface area contributed by atoms with Crippen LogP contribution in [-0.4, -0.2) is 16.2 Å². The summed E-state index contributed by atoms with van der Waals surface area (Å²) < 4.78 is 22.4. The van der Waals surface area contributed by atoms with E-state index in [-0.39, 0.29) is 5.82 Å². The Morgan fingerprint density at radius 3 is 2.52 bits per heavy atom. The van der Waals surface area contributed by atoms with Crippen molar-refractivity contribution in [3.05, 3.63) is 83.7 Å². The lowest BCUT2D eigenvalue weighted by Crippen LogP contribution is -1.96. The highest BCUT2D eigenvalue weighted by Crippen LogP contribution is 2.25. The molecule has 4 rings (SSSR count). The molecule has 0 unspecified atom stereocenters. The molecule has 31 heavy (non-hydrogen) atoms. The number of aryl methyl sites for hydroxylation is 1. The molecule has 0 saturated carbocycles. The van der Waals surface area contributed by atoms with Gasteiger partial charge in [-0.1, -0.05) is 43.7 Å². The third-order valence-corrected chi connectivity index (χ3v) is 5.23. The van der Waals surface area contributed by atoms with Crippen molar-refractivity contribution in [2.24, 2.45) is 7.05 Å². The number of ether oxygens (including phenoxy) is 1. The Morgan fingerprint density at radius 2 is 1.77 bits per heavy atom. The van der Waals surface area contributed by atoms with Gasteiger partial charge < -0.3 is 9.30 Å². The average Bonchev–Trinajstić information content (AvgIpc) is 3.13. The van der Waals surface area contributed by atoms with Crippen LogP contribution in [-0.2, 0) is 7.05 Å². The first kappa shape index (κ1) is 20.7. The summed E-state index contributed by atoms with van der Waals surface area (Å²) in [4.78, 5) is 4.63. The number of fused-ring (bicyclic) bond motifs is 1. The third-order valence-electron chi connectivity index (χ3n) is 5.23. The number of imidazole rings is 1. The number of rotatable bonds is 6. The van der Waals surface area contributed by atoms with Crippen LogP contribution < -0.4 is 4.74 Å². The molecular weight excluding hydrogens is 387 g/mol. The highest BCUT2D eigenvalue weighted by Gasteiger charge is 2.11. The van der Waals surface area contributed by atoms with Gasteiger partial charge in [0, 0.05) is 18.2 Å². The highest BCUT2D eigenvalue weighted by molar-refractivity contribution is 5.80. The standard InChI is InChI=1S/C27H25FN2O/c1-3-4-7-18-31-23-16-11-20(12-17-23)10-13-21-14-15-22(19-24(21)28)27-29-25-8-5-6-9-26(25)30(27)2/h5-6,8-9,11-12,14-17,19H,3-4,7,18H2,1-2H3. The van der Waals surface area contributed by atoms with Gasteiger partial charge in [0.25, 0.3) is 0 Å². The van der Waals surface area contributed by atoms with Crippen molar-refractivity contribution in [2.45, 2.75) is 26.2 Å². The maximum Gasteiger partial charge on any atom is 0.140 e. The van der Waals surface area contributed by atoms with Crippen molar-refractivity contribution >= 4 is 11.0 Å².